The highest BCUT2D eigenvalue weighted by molar-refractivity contribution is 5.77. The van der Waals surface area contributed by atoms with Crippen LogP contribution in [-0.2, 0) is 11.3 Å². The van der Waals surface area contributed by atoms with Gasteiger partial charge in [0.15, 0.2) is 0 Å². The van der Waals surface area contributed by atoms with E-state index >= 15 is 0 Å². The zero-order valence-corrected chi connectivity index (χ0v) is 15.1. The first-order chi connectivity index (χ1) is 12.1. The Morgan fingerprint density at radius 2 is 2.20 bits per heavy atom. The summed E-state index contributed by atoms with van der Waals surface area (Å²) in [4.78, 5) is 16.7. The molecule has 2 aliphatic rings. The number of fused-ring (bicyclic) bond motifs is 1. The summed E-state index contributed by atoms with van der Waals surface area (Å²) >= 11 is 0. The van der Waals surface area contributed by atoms with E-state index in [1.807, 2.05) is 7.05 Å². The van der Waals surface area contributed by atoms with Crippen molar-refractivity contribution in [2.45, 2.75) is 31.8 Å². The zero-order valence-electron chi connectivity index (χ0n) is 15.1. The number of carbonyl (C=O) groups is 1. The Bertz CT molecular complexity index is 610. The molecule has 1 N–H and O–H groups in total. The number of nitrogens with zero attached hydrogens (tertiary/aromatic N) is 2. The lowest BCUT2D eigenvalue weighted by Gasteiger charge is -2.47. The number of likely N-dealkylation sites (tertiary alicyclic amines) is 2. The fraction of sp³-hybridized carbons (Fsp3) is 0.632. The third-order valence-corrected chi connectivity index (χ3v) is 5.47. The number of piperidine rings is 2. The SMILES string of the molecule is CNCCN1C(=O)CC[C@H]2CN(Cc3cc(F)ccc3OC)CC[C@H]21. The van der Waals surface area contributed by atoms with Gasteiger partial charge in [-0.05, 0) is 44.0 Å². The summed E-state index contributed by atoms with van der Waals surface area (Å²) in [5, 5.41) is 3.14. The predicted octanol–water partition coefficient (Wildman–Crippen LogP) is 1.87. The molecule has 2 aliphatic heterocycles. The summed E-state index contributed by atoms with van der Waals surface area (Å²) in [5.41, 5.74) is 0.889. The number of ether oxygens (including phenoxy) is 1. The smallest absolute Gasteiger partial charge is 0.222 e. The molecule has 0 bridgehead atoms. The number of benzene rings is 1. The van der Waals surface area contributed by atoms with E-state index in [-0.39, 0.29) is 11.7 Å². The quantitative estimate of drug-likeness (QED) is 0.852. The van der Waals surface area contributed by atoms with Crippen molar-refractivity contribution in [3.63, 3.8) is 0 Å². The number of methoxy groups -OCH3 is 1. The van der Waals surface area contributed by atoms with Crippen molar-refractivity contribution >= 4 is 5.91 Å². The molecule has 0 unspecified atom stereocenters. The van der Waals surface area contributed by atoms with Crippen LogP contribution in [0.25, 0.3) is 0 Å². The monoisotopic (exact) mass is 349 g/mol. The van der Waals surface area contributed by atoms with Gasteiger partial charge in [-0.1, -0.05) is 0 Å². The van der Waals surface area contributed by atoms with Gasteiger partial charge in [0.2, 0.25) is 5.91 Å². The van der Waals surface area contributed by atoms with Crippen LogP contribution in [0.3, 0.4) is 0 Å². The Morgan fingerprint density at radius 3 is 2.96 bits per heavy atom. The van der Waals surface area contributed by atoms with Crippen LogP contribution in [-0.4, -0.2) is 62.1 Å². The molecule has 138 valence electrons. The van der Waals surface area contributed by atoms with Gasteiger partial charge in [0, 0.05) is 50.7 Å². The van der Waals surface area contributed by atoms with E-state index in [2.05, 4.69) is 15.1 Å². The fourth-order valence-corrected chi connectivity index (χ4v) is 4.20. The summed E-state index contributed by atoms with van der Waals surface area (Å²) in [6, 6.07) is 5.03. The number of rotatable bonds is 6. The molecule has 0 aromatic heterocycles. The maximum absolute atomic E-state index is 13.6. The minimum atomic E-state index is -0.229. The highest BCUT2D eigenvalue weighted by Gasteiger charge is 2.38. The summed E-state index contributed by atoms with van der Waals surface area (Å²) in [6.07, 6.45) is 2.58. The van der Waals surface area contributed by atoms with E-state index in [0.717, 1.165) is 50.3 Å². The van der Waals surface area contributed by atoms with Crippen LogP contribution in [0.15, 0.2) is 18.2 Å². The largest absolute Gasteiger partial charge is 0.496 e. The van der Waals surface area contributed by atoms with E-state index in [4.69, 9.17) is 4.74 Å². The van der Waals surface area contributed by atoms with Crippen LogP contribution in [0.1, 0.15) is 24.8 Å². The lowest BCUT2D eigenvalue weighted by Crippen LogP contribution is -2.56. The van der Waals surface area contributed by atoms with Gasteiger partial charge in [0.05, 0.1) is 7.11 Å². The molecule has 1 aromatic rings. The van der Waals surface area contributed by atoms with Crippen LogP contribution in [0.4, 0.5) is 4.39 Å². The minimum Gasteiger partial charge on any atom is -0.496 e. The lowest BCUT2D eigenvalue weighted by atomic mass is 9.83. The number of amides is 1. The molecule has 6 heteroatoms. The number of nitrogens with one attached hydrogen (secondary N) is 1. The molecular formula is C19H28FN3O2. The van der Waals surface area contributed by atoms with Crippen molar-refractivity contribution in [3.8, 4) is 5.75 Å². The number of hydrogen-bond acceptors (Lipinski definition) is 4. The summed E-state index contributed by atoms with van der Waals surface area (Å²) in [5.74, 6) is 1.30. The molecule has 0 saturated carbocycles. The topological polar surface area (TPSA) is 44.8 Å². The van der Waals surface area contributed by atoms with Gasteiger partial charge < -0.3 is 15.0 Å². The second-order valence-corrected chi connectivity index (χ2v) is 7.04. The first-order valence-corrected chi connectivity index (χ1v) is 9.11. The molecule has 0 spiro atoms. The molecular weight excluding hydrogens is 321 g/mol. The molecule has 0 aliphatic carbocycles. The number of carbonyl (C=O) groups excluding carboxylic acids is 1. The van der Waals surface area contributed by atoms with Gasteiger partial charge in [0.1, 0.15) is 11.6 Å². The van der Waals surface area contributed by atoms with Crippen molar-refractivity contribution in [2.24, 2.45) is 5.92 Å². The van der Waals surface area contributed by atoms with E-state index < -0.39 is 0 Å². The summed E-state index contributed by atoms with van der Waals surface area (Å²) < 4.78 is 19.0. The lowest BCUT2D eigenvalue weighted by molar-refractivity contribution is -0.141. The maximum atomic E-state index is 13.6. The van der Waals surface area contributed by atoms with Gasteiger partial charge >= 0.3 is 0 Å². The van der Waals surface area contributed by atoms with Crippen LogP contribution in [0, 0.1) is 11.7 Å². The van der Waals surface area contributed by atoms with Crippen LogP contribution < -0.4 is 10.1 Å². The van der Waals surface area contributed by atoms with Gasteiger partial charge in [-0.3, -0.25) is 9.69 Å². The molecule has 25 heavy (non-hydrogen) atoms. The molecule has 5 nitrogen and oxygen atoms in total. The van der Waals surface area contributed by atoms with Crippen LogP contribution >= 0.6 is 0 Å². The zero-order chi connectivity index (χ0) is 17.8. The van der Waals surface area contributed by atoms with Gasteiger partial charge in [-0.2, -0.15) is 0 Å². The minimum absolute atomic E-state index is 0.229. The van der Waals surface area contributed by atoms with Gasteiger partial charge in [0.25, 0.3) is 0 Å². The van der Waals surface area contributed by atoms with E-state index in [1.165, 1.54) is 6.07 Å². The normalized spacial score (nSPS) is 24.3. The Balaban J connectivity index is 1.65. The molecule has 2 atom stereocenters. The Morgan fingerprint density at radius 1 is 1.36 bits per heavy atom. The number of hydrogen-bond donors (Lipinski definition) is 1. The van der Waals surface area contributed by atoms with Crippen molar-refractivity contribution in [1.29, 1.82) is 0 Å². The predicted molar refractivity (Wildman–Crippen MR) is 95.0 cm³/mol. The average molecular weight is 349 g/mol. The Hall–Kier alpha value is -1.66. The van der Waals surface area contributed by atoms with Crippen molar-refractivity contribution in [2.75, 3.05) is 40.3 Å². The van der Waals surface area contributed by atoms with E-state index in [0.29, 0.717) is 24.9 Å². The van der Waals surface area contributed by atoms with E-state index in [9.17, 15) is 9.18 Å². The molecule has 0 radical (unpaired) electrons. The number of likely N-dealkylation sites (N-methyl/N-ethyl adjacent to an activating group) is 1. The fourth-order valence-electron chi connectivity index (χ4n) is 4.20. The van der Waals surface area contributed by atoms with Crippen LogP contribution in [0.2, 0.25) is 0 Å². The Kier molecular flexibility index (Phi) is 5.91. The average Bonchev–Trinajstić information content (AvgIpc) is 2.61. The summed E-state index contributed by atoms with van der Waals surface area (Å²) in [7, 11) is 3.54. The molecule has 1 aromatic carbocycles. The van der Waals surface area contributed by atoms with Gasteiger partial charge in [-0.25, -0.2) is 4.39 Å². The third kappa shape index (κ3) is 4.12. The van der Waals surface area contributed by atoms with Crippen LogP contribution in [0.5, 0.6) is 5.75 Å². The first-order valence-electron chi connectivity index (χ1n) is 9.11. The Labute approximate surface area is 149 Å². The highest BCUT2D eigenvalue weighted by atomic mass is 19.1. The maximum Gasteiger partial charge on any atom is 0.222 e. The molecule has 2 saturated heterocycles. The first kappa shape index (κ1) is 18.1. The van der Waals surface area contributed by atoms with Crippen molar-refractivity contribution < 1.29 is 13.9 Å². The highest BCUT2D eigenvalue weighted by Crippen LogP contribution is 2.32. The molecule has 3 rings (SSSR count). The second kappa shape index (κ2) is 8.15. The molecule has 1 amide bonds. The van der Waals surface area contributed by atoms with E-state index in [1.54, 1.807) is 19.2 Å². The van der Waals surface area contributed by atoms with Gasteiger partial charge in [-0.15, -0.1) is 0 Å². The summed E-state index contributed by atoms with van der Waals surface area (Å²) in [6.45, 7) is 4.18. The molecule has 2 fully saturated rings. The second-order valence-electron chi connectivity index (χ2n) is 7.04. The van der Waals surface area contributed by atoms with Crippen molar-refractivity contribution in [3.05, 3.63) is 29.6 Å². The standard InChI is InChI=1S/C19H28FN3O2/c1-21-8-10-23-17-7-9-22(12-14(17)3-6-19(23)24)13-15-11-16(20)4-5-18(15)25-2/h4-5,11,14,17,21H,3,6-10,12-13H2,1-2H3/t14-,17+/m0/s1. The molecule has 2 heterocycles. The van der Waals surface area contributed by atoms with Crippen molar-refractivity contribution in [1.82, 2.24) is 15.1 Å². The number of halogens is 1. The third-order valence-electron chi connectivity index (χ3n) is 5.47.